The van der Waals surface area contributed by atoms with Gasteiger partial charge in [0.1, 0.15) is 4.88 Å². The van der Waals surface area contributed by atoms with Gasteiger partial charge in [-0.15, -0.1) is 11.3 Å². The third-order valence-electron chi connectivity index (χ3n) is 1.25. The Morgan fingerprint density at radius 2 is 2.15 bits per heavy atom. The molecule has 0 aliphatic rings. The number of carbonyl (C=O) groups is 2. The number of amides is 1. The van der Waals surface area contributed by atoms with E-state index in [0.29, 0.717) is 4.88 Å². The second-order valence-electron chi connectivity index (χ2n) is 2.24. The molecule has 0 bridgehead atoms. The fraction of sp³-hybridized carbons (Fsp3) is 0. The Hall–Kier alpha value is -1.62. The molecular weight excluding hydrogens is 190 g/mol. The third-order valence-corrected chi connectivity index (χ3v) is 2.29. The van der Waals surface area contributed by atoms with Crippen molar-refractivity contribution in [3.8, 4) is 0 Å². The van der Waals surface area contributed by atoms with Crippen LogP contribution < -0.4 is 5.73 Å². The highest BCUT2D eigenvalue weighted by Crippen LogP contribution is 2.17. The van der Waals surface area contributed by atoms with E-state index in [0.717, 1.165) is 11.3 Å². The van der Waals surface area contributed by atoms with Crippen molar-refractivity contribution in [2.24, 2.45) is 5.73 Å². The van der Waals surface area contributed by atoms with Crippen LogP contribution in [0.4, 0.5) is 0 Å². The molecule has 0 saturated carbocycles. The third kappa shape index (κ3) is 2.72. The standard InChI is InChI=1S/C8H7NO3S/c9-7(10)4-2-5-1-3-6(13-5)8(11)12/h1-4H,(H2,9,10)(H,11,12). The molecule has 0 fully saturated rings. The van der Waals surface area contributed by atoms with Crippen LogP contribution in [0.2, 0.25) is 0 Å². The van der Waals surface area contributed by atoms with Crippen molar-refractivity contribution in [2.45, 2.75) is 0 Å². The van der Waals surface area contributed by atoms with Crippen LogP contribution in [0.25, 0.3) is 6.08 Å². The second-order valence-corrected chi connectivity index (χ2v) is 3.36. The van der Waals surface area contributed by atoms with Crippen molar-refractivity contribution in [1.29, 1.82) is 0 Å². The molecular formula is C8H7NO3S. The number of thiophene rings is 1. The molecule has 1 aromatic heterocycles. The summed E-state index contributed by atoms with van der Waals surface area (Å²) in [7, 11) is 0. The molecule has 1 amide bonds. The average Bonchev–Trinajstić information content (AvgIpc) is 2.48. The van der Waals surface area contributed by atoms with E-state index in [1.54, 1.807) is 6.07 Å². The molecule has 0 radical (unpaired) electrons. The Kier molecular flexibility index (Phi) is 2.81. The van der Waals surface area contributed by atoms with Gasteiger partial charge in [0.2, 0.25) is 5.91 Å². The van der Waals surface area contributed by atoms with E-state index >= 15 is 0 Å². The monoisotopic (exact) mass is 197 g/mol. The molecule has 13 heavy (non-hydrogen) atoms. The van der Waals surface area contributed by atoms with Crippen LogP contribution in [0.15, 0.2) is 18.2 Å². The van der Waals surface area contributed by atoms with Crippen molar-refractivity contribution >= 4 is 29.3 Å². The smallest absolute Gasteiger partial charge is 0.345 e. The first kappa shape index (κ1) is 9.47. The number of hydrogen-bond acceptors (Lipinski definition) is 3. The Labute approximate surface area is 78.3 Å². The van der Waals surface area contributed by atoms with E-state index in [2.05, 4.69) is 0 Å². The van der Waals surface area contributed by atoms with E-state index < -0.39 is 11.9 Å². The normalized spacial score (nSPS) is 10.5. The van der Waals surface area contributed by atoms with Crippen LogP contribution >= 0.6 is 11.3 Å². The minimum absolute atomic E-state index is 0.240. The first-order valence-electron chi connectivity index (χ1n) is 3.40. The minimum atomic E-state index is -0.969. The number of carbonyl (C=O) groups excluding carboxylic acids is 1. The maximum absolute atomic E-state index is 10.4. The van der Waals surface area contributed by atoms with Crippen LogP contribution in [0.1, 0.15) is 14.5 Å². The molecule has 0 spiro atoms. The number of carboxylic acids is 1. The summed E-state index contributed by atoms with van der Waals surface area (Å²) >= 11 is 1.09. The van der Waals surface area contributed by atoms with E-state index in [1.165, 1.54) is 18.2 Å². The molecule has 0 saturated heterocycles. The summed E-state index contributed by atoms with van der Waals surface area (Å²) in [6.07, 6.45) is 2.68. The van der Waals surface area contributed by atoms with Gasteiger partial charge in [0.15, 0.2) is 0 Å². The predicted molar refractivity (Wildman–Crippen MR) is 49.5 cm³/mol. The molecule has 0 aliphatic carbocycles. The highest BCUT2D eigenvalue weighted by molar-refractivity contribution is 7.14. The van der Waals surface area contributed by atoms with Crippen molar-refractivity contribution in [3.63, 3.8) is 0 Å². The number of nitrogens with two attached hydrogens (primary N) is 1. The number of hydrogen-bond donors (Lipinski definition) is 2. The number of aromatic carboxylic acids is 1. The summed E-state index contributed by atoms with van der Waals surface area (Å²) in [5.41, 5.74) is 4.87. The highest BCUT2D eigenvalue weighted by Gasteiger charge is 2.04. The van der Waals surface area contributed by atoms with E-state index in [4.69, 9.17) is 10.8 Å². The molecule has 68 valence electrons. The zero-order valence-electron chi connectivity index (χ0n) is 6.56. The molecule has 0 unspecified atom stereocenters. The SMILES string of the molecule is NC(=O)C=Cc1ccc(C(=O)O)s1. The molecule has 1 heterocycles. The van der Waals surface area contributed by atoms with E-state index in [-0.39, 0.29) is 4.88 Å². The van der Waals surface area contributed by atoms with Crippen LogP contribution in [0, 0.1) is 0 Å². The van der Waals surface area contributed by atoms with Crippen molar-refractivity contribution in [3.05, 3.63) is 28.0 Å². The molecule has 0 atom stereocenters. The van der Waals surface area contributed by atoms with Crippen LogP contribution in [0.3, 0.4) is 0 Å². The largest absolute Gasteiger partial charge is 0.477 e. The quantitative estimate of drug-likeness (QED) is 0.708. The van der Waals surface area contributed by atoms with Crippen molar-refractivity contribution < 1.29 is 14.7 Å². The van der Waals surface area contributed by atoms with E-state index in [9.17, 15) is 9.59 Å². The van der Waals surface area contributed by atoms with Crippen molar-refractivity contribution in [1.82, 2.24) is 0 Å². The molecule has 3 N–H and O–H groups in total. The lowest BCUT2D eigenvalue weighted by molar-refractivity contribution is -0.113. The van der Waals surface area contributed by atoms with Gasteiger partial charge in [-0.1, -0.05) is 0 Å². The maximum Gasteiger partial charge on any atom is 0.345 e. The Bertz CT molecular complexity index is 367. The highest BCUT2D eigenvalue weighted by atomic mass is 32.1. The summed E-state index contributed by atoms with van der Waals surface area (Å²) in [6.45, 7) is 0. The summed E-state index contributed by atoms with van der Waals surface area (Å²) in [5.74, 6) is -1.52. The fourth-order valence-corrected chi connectivity index (χ4v) is 1.47. The first-order valence-corrected chi connectivity index (χ1v) is 4.22. The van der Waals surface area contributed by atoms with Gasteiger partial charge < -0.3 is 10.8 Å². The Morgan fingerprint density at radius 3 is 2.62 bits per heavy atom. The average molecular weight is 197 g/mol. The fourth-order valence-electron chi connectivity index (χ4n) is 0.722. The van der Waals surface area contributed by atoms with Crippen LogP contribution in [-0.2, 0) is 4.79 Å². The zero-order chi connectivity index (χ0) is 9.84. The maximum atomic E-state index is 10.4. The molecule has 4 nitrogen and oxygen atoms in total. The van der Waals surface area contributed by atoms with Gasteiger partial charge in [-0.05, 0) is 18.2 Å². The molecule has 1 aromatic rings. The Balaban J connectivity index is 2.80. The summed E-state index contributed by atoms with van der Waals surface area (Å²) < 4.78 is 0. The van der Waals surface area contributed by atoms with Gasteiger partial charge in [0.05, 0.1) is 0 Å². The summed E-state index contributed by atoms with van der Waals surface area (Å²) in [6, 6.07) is 3.10. The van der Waals surface area contributed by atoms with Gasteiger partial charge in [0.25, 0.3) is 0 Å². The predicted octanol–water partition coefficient (Wildman–Crippen LogP) is 0.945. The van der Waals surface area contributed by atoms with Gasteiger partial charge in [-0.2, -0.15) is 0 Å². The van der Waals surface area contributed by atoms with Gasteiger partial charge in [0, 0.05) is 11.0 Å². The van der Waals surface area contributed by atoms with Crippen molar-refractivity contribution in [2.75, 3.05) is 0 Å². The zero-order valence-corrected chi connectivity index (χ0v) is 7.38. The minimum Gasteiger partial charge on any atom is -0.477 e. The second kappa shape index (κ2) is 3.86. The topological polar surface area (TPSA) is 80.4 Å². The number of primary amides is 1. The molecule has 1 rings (SSSR count). The lowest BCUT2D eigenvalue weighted by Crippen LogP contribution is -2.04. The lowest BCUT2D eigenvalue weighted by atomic mass is 10.4. The molecule has 5 heteroatoms. The summed E-state index contributed by atoms with van der Waals surface area (Å²) in [4.78, 5) is 21.7. The summed E-state index contributed by atoms with van der Waals surface area (Å²) in [5, 5.41) is 8.57. The van der Waals surface area contributed by atoms with Gasteiger partial charge in [-0.25, -0.2) is 4.79 Å². The molecule has 0 aromatic carbocycles. The lowest BCUT2D eigenvalue weighted by Gasteiger charge is -1.83. The van der Waals surface area contributed by atoms with Crippen LogP contribution in [0.5, 0.6) is 0 Å². The number of carboxylic acid groups (broad SMARTS) is 1. The Morgan fingerprint density at radius 1 is 1.46 bits per heavy atom. The number of rotatable bonds is 3. The first-order chi connectivity index (χ1) is 6.09. The molecule has 0 aliphatic heterocycles. The van der Waals surface area contributed by atoms with Gasteiger partial charge >= 0.3 is 5.97 Å². The van der Waals surface area contributed by atoms with E-state index in [1.807, 2.05) is 0 Å². The van der Waals surface area contributed by atoms with Crippen LogP contribution in [-0.4, -0.2) is 17.0 Å². The van der Waals surface area contributed by atoms with Gasteiger partial charge in [-0.3, -0.25) is 4.79 Å².